The average molecular weight is 424 g/mol. The molecular formula is C24H29N3O4. The molecule has 1 aromatic carbocycles. The number of aromatic nitrogens is 2. The lowest BCUT2D eigenvalue weighted by Gasteiger charge is -2.19. The van der Waals surface area contributed by atoms with Crippen molar-refractivity contribution in [3.63, 3.8) is 0 Å². The predicted molar refractivity (Wildman–Crippen MR) is 119 cm³/mol. The summed E-state index contributed by atoms with van der Waals surface area (Å²) >= 11 is 0. The van der Waals surface area contributed by atoms with Gasteiger partial charge >= 0.3 is 11.9 Å². The monoisotopic (exact) mass is 423 g/mol. The number of fused-ring (bicyclic) bond motifs is 1. The first kappa shape index (κ1) is 22.5. The van der Waals surface area contributed by atoms with E-state index in [-0.39, 0.29) is 12.5 Å². The third-order valence-electron chi connectivity index (χ3n) is 4.35. The third kappa shape index (κ3) is 5.11. The Morgan fingerprint density at radius 3 is 2.06 bits per heavy atom. The SMILES string of the molecule is CC(C)(C)OC(=O)c1ccc(-c2nc3c(C(=O)OC(C)(C)C)cccn3c2CN)cc1. The molecule has 3 rings (SSSR count). The molecule has 7 heteroatoms. The fourth-order valence-electron chi connectivity index (χ4n) is 3.14. The maximum absolute atomic E-state index is 12.7. The van der Waals surface area contributed by atoms with Gasteiger partial charge in [-0.15, -0.1) is 0 Å². The van der Waals surface area contributed by atoms with E-state index in [1.165, 1.54) is 0 Å². The molecule has 0 fully saturated rings. The van der Waals surface area contributed by atoms with Crippen LogP contribution in [0.4, 0.5) is 0 Å². The highest BCUT2D eigenvalue weighted by Crippen LogP contribution is 2.27. The van der Waals surface area contributed by atoms with E-state index in [0.717, 1.165) is 11.3 Å². The predicted octanol–water partition coefficient (Wildman–Crippen LogP) is 4.37. The first-order valence-electron chi connectivity index (χ1n) is 10.2. The van der Waals surface area contributed by atoms with Crippen LogP contribution in [0.3, 0.4) is 0 Å². The van der Waals surface area contributed by atoms with Crippen molar-refractivity contribution in [2.24, 2.45) is 5.73 Å². The van der Waals surface area contributed by atoms with E-state index in [0.29, 0.717) is 22.5 Å². The molecule has 2 N–H and O–H groups in total. The lowest BCUT2D eigenvalue weighted by molar-refractivity contribution is 0.00577. The number of nitrogens with zero attached hydrogens (tertiary/aromatic N) is 2. The maximum Gasteiger partial charge on any atom is 0.342 e. The molecule has 0 atom stereocenters. The molecule has 0 saturated heterocycles. The van der Waals surface area contributed by atoms with E-state index >= 15 is 0 Å². The van der Waals surface area contributed by atoms with Crippen molar-refractivity contribution in [2.75, 3.05) is 0 Å². The number of pyridine rings is 1. The van der Waals surface area contributed by atoms with Crippen LogP contribution in [0.5, 0.6) is 0 Å². The number of benzene rings is 1. The Balaban J connectivity index is 2.02. The van der Waals surface area contributed by atoms with Gasteiger partial charge in [-0.05, 0) is 65.8 Å². The van der Waals surface area contributed by atoms with E-state index in [2.05, 4.69) is 0 Å². The summed E-state index contributed by atoms with van der Waals surface area (Å²) in [5, 5.41) is 0. The van der Waals surface area contributed by atoms with E-state index in [4.69, 9.17) is 20.2 Å². The summed E-state index contributed by atoms with van der Waals surface area (Å²) in [5.74, 6) is -0.834. The van der Waals surface area contributed by atoms with Crippen molar-refractivity contribution in [3.05, 3.63) is 59.4 Å². The minimum Gasteiger partial charge on any atom is -0.456 e. The summed E-state index contributed by atoms with van der Waals surface area (Å²) < 4.78 is 12.7. The molecule has 0 amide bonds. The maximum atomic E-state index is 12.7. The van der Waals surface area contributed by atoms with Crippen molar-refractivity contribution in [3.8, 4) is 11.3 Å². The number of hydrogen-bond acceptors (Lipinski definition) is 6. The van der Waals surface area contributed by atoms with Crippen LogP contribution in [0.15, 0.2) is 42.6 Å². The Labute approximate surface area is 182 Å². The van der Waals surface area contributed by atoms with Crippen LogP contribution in [0.1, 0.15) is 68.0 Å². The fraction of sp³-hybridized carbons (Fsp3) is 0.375. The van der Waals surface area contributed by atoms with Crippen LogP contribution < -0.4 is 5.73 Å². The van der Waals surface area contributed by atoms with Gasteiger partial charge in [0.1, 0.15) is 16.8 Å². The minimum atomic E-state index is -0.618. The summed E-state index contributed by atoms with van der Waals surface area (Å²) in [7, 11) is 0. The number of imidazole rings is 1. The van der Waals surface area contributed by atoms with Crippen molar-refractivity contribution in [2.45, 2.75) is 59.3 Å². The van der Waals surface area contributed by atoms with E-state index < -0.39 is 17.2 Å². The first-order chi connectivity index (χ1) is 14.4. The number of carbonyl (C=O) groups is 2. The van der Waals surface area contributed by atoms with Crippen molar-refractivity contribution >= 4 is 17.6 Å². The van der Waals surface area contributed by atoms with Crippen molar-refractivity contribution < 1.29 is 19.1 Å². The van der Waals surface area contributed by atoms with Crippen LogP contribution in [0, 0.1) is 0 Å². The highest BCUT2D eigenvalue weighted by atomic mass is 16.6. The molecule has 31 heavy (non-hydrogen) atoms. The second kappa shape index (κ2) is 8.15. The molecule has 2 aromatic heterocycles. The van der Waals surface area contributed by atoms with Crippen LogP contribution in [0.25, 0.3) is 16.9 Å². The highest BCUT2D eigenvalue weighted by Gasteiger charge is 2.23. The molecule has 0 spiro atoms. The second-order valence-electron chi connectivity index (χ2n) is 9.31. The Morgan fingerprint density at radius 1 is 0.935 bits per heavy atom. The normalized spacial score (nSPS) is 12.1. The summed E-state index contributed by atoms with van der Waals surface area (Å²) in [6.45, 7) is 11.2. The molecule has 0 bridgehead atoms. The van der Waals surface area contributed by atoms with Gasteiger partial charge in [0.25, 0.3) is 0 Å². The number of nitrogens with two attached hydrogens (primary N) is 1. The molecule has 0 aliphatic rings. The topological polar surface area (TPSA) is 95.9 Å². The number of hydrogen-bond donors (Lipinski definition) is 1. The molecule has 0 unspecified atom stereocenters. The summed E-state index contributed by atoms with van der Waals surface area (Å²) in [4.78, 5) is 29.7. The van der Waals surface area contributed by atoms with Gasteiger partial charge in [0, 0.05) is 18.3 Å². The van der Waals surface area contributed by atoms with Crippen LogP contribution in [0.2, 0.25) is 0 Å². The minimum absolute atomic E-state index is 0.224. The Bertz CT molecular complexity index is 1120. The number of rotatable bonds is 4. The van der Waals surface area contributed by atoms with Crippen LogP contribution in [-0.4, -0.2) is 32.5 Å². The van der Waals surface area contributed by atoms with Gasteiger partial charge in [-0.25, -0.2) is 14.6 Å². The Kier molecular flexibility index (Phi) is 5.91. The number of esters is 2. The summed E-state index contributed by atoms with van der Waals surface area (Å²) in [6, 6.07) is 10.4. The van der Waals surface area contributed by atoms with Gasteiger partial charge in [0.2, 0.25) is 0 Å². The van der Waals surface area contributed by atoms with Gasteiger partial charge in [0.05, 0.1) is 17.0 Å². The Morgan fingerprint density at radius 2 is 1.52 bits per heavy atom. The molecule has 0 aliphatic carbocycles. The average Bonchev–Trinajstić information content (AvgIpc) is 3.04. The van der Waals surface area contributed by atoms with Crippen LogP contribution in [-0.2, 0) is 16.0 Å². The number of carbonyl (C=O) groups excluding carboxylic acids is 2. The van der Waals surface area contributed by atoms with Crippen LogP contribution >= 0.6 is 0 Å². The summed E-state index contributed by atoms with van der Waals surface area (Å²) in [5.41, 5.74) is 8.31. The van der Waals surface area contributed by atoms with Gasteiger partial charge in [-0.3, -0.25) is 0 Å². The fourth-order valence-corrected chi connectivity index (χ4v) is 3.14. The van der Waals surface area contributed by atoms with E-state index in [9.17, 15) is 9.59 Å². The first-order valence-corrected chi connectivity index (χ1v) is 10.2. The molecule has 7 nitrogen and oxygen atoms in total. The molecular weight excluding hydrogens is 394 g/mol. The zero-order chi connectivity index (χ0) is 23.0. The molecule has 0 saturated carbocycles. The Hall–Kier alpha value is -3.19. The standard InChI is InChI=1S/C24H29N3O4/c1-23(2,3)30-21(28)16-11-9-15(10-12-16)19-18(14-25)27-13-7-8-17(20(27)26-19)22(29)31-24(4,5)6/h7-13H,14,25H2,1-6H3. The summed E-state index contributed by atoms with van der Waals surface area (Å²) in [6.07, 6.45) is 1.82. The number of ether oxygens (including phenoxy) is 2. The quantitative estimate of drug-likeness (QED) is 0.626. The third-order valence-corrected chi connectivity index (χ3v) is 4.35. The zero-order valence-corrected chi connectivity index (χ0v) is 18.9. The molecule has 0 aliphatic heterocycles. The van der Waals surface area contributed by atoms with E-state index in [1.807, 2.05) is 47.7 Å². The molecule has 164 valence electrons. The molecule has 0 radical (unpaired) electrons. The highest BCUT2D eigenvalue weighted by molar-refractivity contribution is 5.96. The van der Waals surface area contributed by atoms with Gasteiger partial charge < -0.3 is 19.6 Å². The molecule has 2 heterocycles. The lowest BCUT2D eigenvalue weighted by atomic mass is 10.1. The molecule has 3 aromatic rings. The van der Waals surface area contributed by atoms with Gasteiger partial charge in [-0.1, -0.05) is 12.1 Å². The van der Waals surface area contributed by atoms with Gasteiger partial charge in [-0.2, -0.15) is 0 Å². The van der Waals surface area contributed by atoms with Crippen molar-refractivity contribution in [1.82, 2.24) is 9.38 Å². The zero-order valence-electron chi connectivity index (χ0n) is 18.9. The van der Waals surface area contributed by atoms with E-state index in [1.54, 1.807) is 40.8 Å². The smallest absolute Gasteiger partial charge is 0.342 e. The second-order valence-corrected chi connectivity index (χ2v) is 9.31. The lowest BCUT2D eigenvalue weighted by Crippen LogP contribution is -2.24. The largest absolute Gasteiger partial charge is 0.456 e. The van der Waals surface area contributed by atoms with Gasteiger partial charge in [0.15, 0.2) is 5.65 Å². The van der Waals surface area contributed by atoms with Crippen molar-refractivity contribution in [1.29, 1.82) is 0 Å².